The minimum atomic E-state index is -3.79. The summed E-state index contributed by atoms with van der Waals surface area (Å²) in [7, 11) is -3.79. The highest BCUT2D eigenvalue weighted by Gasteiger charge is 2.22. The number of hydrogen-bond donors (Lipinski definition) is 10. The first-order chi connectivity index (χ1) is 18.4. The summed E-state index contributed by atoms with van der Waals surface area (Å²) in [6.07, 6.45) is 1.60. The first-order valence-electron chi connectivity index (χ1n) is 11.4. The number of anilines is 2. The Morgan fingerprint density at radius 2 is 1.05 bits per heavy atom. The zero-order valence-electron chi connectivity index (χ0n) is 20.2. The Bertz CT molecular complexity index is 1220. The van der Waals surface area contributed by atoms with Gasteiger partial charge in [-0.25, -0.2) is 29.2 Å². The van der Waals surface area contributed by atoms with E-state index in [1.807, 2.05) is 0 Å². The van der Waals surface area contributed by atoms with Crippen molar-refractivity contribution in [3.63, 3.8) is 0 Å². The summed E-state index contributed by atoms with van der Waals surface area (Å²) in [5, 5.41) is 85.1. The lowest BCUT2D eigenvalue weighted by Crippen LogP contribution is -3.00. The molecule has 10 N–H and O–H groups in total. The molecule has 0 bridgehead atoms. The standard InChI is InChI=1S/C20H28N8O10S/c29-25(30)15-5-7-17(19(9-15)27(33)34)23-21-13-3-1-2-4-14(12-39(37,38)11-13)22-24-18-8-6-16(26(31)32)10-20(18)28(35)36/h5-10,23-29,31,33,35H,1-4,11-12H2/b21-13+,22-14+. The summed E-state index contributed by atoms with van der Waals surface area (Å²) in [5.41, 5.74) is 4.37. The van der Waals surface area contributed by atoms with Crippen LogP contribution in [0.2, 0.25) is 0 Å². The van der Waals surface area contributed by atoms with Crippen LogP contribution >= 0.6 is 0 Å². The largest absolute Gasteiger partial charge is 0.595 e. The molecule has 0 radical (unpaired) electrons. The summed E-state index contributed by atoms with van der Waals surface area (Å²) >= 11 is 0. The zero-order valence-corrected chi connectivity index (χ0v) is 21.1. The normalized spacial score (nSPS) is 21.3. The first-order valence-corrected chi connectivity index (χ1v) is 13.2. The van der Waals surface area contributed by atoms with Gasteiger partial charge in [-0.2, -0.15) is 31.1 Å². The van der Waals surface area contributed by atoms with Gasteiger partial charge >= 0.3 is 0 Å². The Kier molecular flexibility index (Phi) is 10.3. The Hall–Kier alpha value is -3.15. The van der Waals surface area contributed by atoms with Gasteiger partial charge in [0, 0.05) is 12.1 Å². The van der Waals surface area contributed by atoms with Crippen LogP contribution in [-0.2, 0) is 9.84 Å². The third-order valence-electron chi connectivity index (χ3n) is 5.62. The van der Waals surface area contributed by atoms with E-state index in [0.29, 0.717) is 12.8 Å². The van der Waals surface area contributed by atoms with E-state index in [1.165, 1.54) is 24.3 Å². The molecule has 1 aliphatic rings. The molecule has 0 aliphatic carbocycles. The summed E-state index contributed by atoms with van der Waals surface area (Å²) in [5.74, 6) is -0.912. The summed E-state index contributed by atoms with van der Waals surface area (Å²) in [6.45, 7) is 0. The Morgan fingerprint density at radius 3 is 1.38 bits per heavy atom. The maximum absolute atomic E-state index is 12.9. The van der Waals surface area contributed by atoms with Gasteiger partial charge in [0.2, 0.25) is 0 Å². The molecule has 1 fully saturated rings. The van der Waals surface area contributed by atoms with E-state index in [4.69, 9.17) is 10.4 Å². The molecule has 0 aromatic heterocycles. The third-order valence-corrected chi connectivity index (χ3v) is 7.16. The van der Waals surface area contributed by atoms with Crippen molar-refractivity contribution >= 4 is 55.4 Å². The Balaban J connectivity index is 1.77. The van der Waals surface area contributed by atoms with Crippen LogP contribution in [0.5, 0.6) is 0 Å². The fourth-order valence-electron chi connectivity index (χ4n) is 3.72. The molecule has 1 saturated heterocycles. The molecule has 2 aromatic rings. The summed E-state index contributed by atoms with van der Waals surface area (Å²) in [6, 6.07) is 6.77. The highest BCUT2D eigenvalue weighted by molar-refractivity contribution is 7.92. The van der Waals surface area contributed by atoms with Gasteiger partial charge in [0.1, 0.15) is 11.4 Å². The summed E-state index contributed by atoms with van der Waals surface area (Å²) in [4.78, 5) is 0. The average Bonchev–Trinajstić information content (AvgIpc) is 2.93. The van der Waals surface area contributed by atoms with Crippen molar-refractivity contribution in [1.82, 2.24) is 0 Å². The van der Waals surface area contributed by atoms with Crippen LogP contribution in [0.1, 0.15) is 25.7 Å². The second kappa shape index (κ2) is 13.3. The number of nitrogens with one attached hydrogen (secondary N) is 6. The van der Waals surface area contributed by atoms with E-state index in [-0.39, 0.29) is 58.4 Å². The minimum Gasteiger partial charge on any atom is -0.595 e. The van der Waals surface area contributed by atoms with Crippen molar-refractivity contribution in [2.45, 2.75) is 25.7 Å². The number of benzene rings is 2. The van der Waals surface area contributed by atoms with E-state index in [9.17, 15) is 39.7 Å². The predicted molar refractivity (Wildman–Crippen MR) is 135 cm³/mol. The molecule has 214 valence electrons. The van der Waals surface area contributed by atoms with E-state index in [0.717, 1.165) is 12.1 Å². The van der Waals surface area contributed by atoms with Gasteiger partial charge in [-0.3, -0.25) is 10.9 Å². The van der Waals surface area contributed by atoms with Crippen molar-refractivity contribution in [2.24, 2.45) is 10.2 Å². The number of rotatable bonds is 8. The van der Waals surface area contributed by atoms with Crippen LogP contribution in [0.3, 0.4) is 0 Å². The van der Waals surface area contributed by atoms with Crippen LogP contribution < -0.4 is 31.8 Å². The van der Waals surface area contributed by atoms with E-state index >= 15 is 0 Å². The lowest BCUT2D eigenvalue weighted by atomic mass is 10.1. The fourth-order valence-corrected chi connectivity index (χ4v) is 5.25. The van der Waals surface area contributed by atoms with Gasteiger partial charge in [-0.15, -0.1) is 0 Å². The van der Waals surface area contributed by atoms with Crippen LogP contribution in [0.15, 0.2) is 46.6 Å². The van der Waals surface area contributed by atoms with Gasteiger partial charge < -0.3 is 20.8 Å². The van der Waals surface area contributed by atoms with Crippen molar-refractivity contribution in [3.8, 4) is 0 Å². The molecule has 18 nitrogen and oxygen atoms in total. The minimum absolute atomic E-state index is 0.00753. The SMILES string of the molecule is O=S1(=O)C/C(=N/Nc2ccc([NH+]([O-])O)cc2[NH+]([O-])O)CCCC/C(=N\Nc2ccc([NH+]([O-])O)cc2[NH+]([O-])O)C1. The van der Waals surface area contributed by atoms with E-state index < -0.39 is 42.2 Å². The molecule has 39 heavy (non-hydrogen) atoms. The van der Waals surface area contributed by atoms with Crippen molar-refractivity contribution < 1.29 is 50.2 Å². The average molecular weight is 573 g/mol. The number of nitrogens with zero attached hydrogens (tertiary/aromatic N) is 2. The van der Waals surface area contributed by atoms with Gasteiger partial charge in [0.05, 0.1) is 35.1 Å². The molecular formula is C20H28N8O10S. The Morgan fingerprint density at radius 1 is 0.667 bits per heavy atom. The van der Waals surface area contributed by atoms with Gasteiger partial charge in [0.15, 0.2) is 32.6 Å². The van der Waals surface area contributed by atoms with Crippen LogP contribution in [0.4, 0.5) is 34.1 Å². The molecule has 4 atom stereocenters. The second-order valence-corrected chi connectivity index (χ2v) is 10.6. The van der Waals surface area contributed by atoms with Gasteiger partial charge in [-0.05, 0) is 37.8 Å². The molecule has 0 spiro atoms. The lowest BCUT2D eigenvalue weighted by Gasteiger charge is -2.18. The predicted octanol–water partition coefficient (Wildman–Crippen LogP) is -2.47. The fraction of sp³-hybridized carbons (Fsp3) is 0.300. The number of quaternary nitrogens is 4. The van der Waals surface area contributed by atoms with Gasteiger partial charge in [0.25, 0.3) is 0 Å². The van der Waals surface area contributed by atoms with Crippen molar-refractivity contribution in [1.29, 1.82) is 0 Å². The molecule has 3 rings (SSSR count). The Labute approximate surface area is 221 Å². The maximum atomic E-state index is 12.9. The quantitative estimate of drug-likeness (QED) is 0.147. The molecular weight excluding hydrogens is 544 g/mol. The first kappa shape index (κ1) is 30.4. The lowest BCUT2D eigenvalue weighted by molar-refractivity contribution is -0.996. The molecule has 1 heterocycles. The number of hydrazone groups is 2. The molecule has 19 heteroatoms. The zero-order chi connectivity index (χ0) is 28.7. The highest BCUT2D eigenvalue weighted by atomic mass is 32.2. The second-order valence-electron chi connectivity index (χ2n) is 8.56. The molecule has 2 aromatic carbocycles. The van der Waals surface area contributed by atoms with Crippen LogP contribution in [0.25, 0.3) is 0 Å². The van der Waals surface area contributed by atoms with Crippen molar-refractivity contribution in [3.05, 3.63) is 57.2 Å². The van der Waals surface area contributed by atoms with Crippen LogP contribution in [0, 0.1) is 20.8 Å². The smallest absolute Gasteiger partial charge is 0.195 e. The highest BCUT2D eigenvalue weighted by Crippen LogP contribution is 2.22. The molecule has 1 aliphatic heterocycles. The number of sulfone groups is 1. The van der Waals surface area contributed by atoms with Crippen LogP contribution in [-0.4, -0.2) is 52.2 Å². The topological polar surface area (TPSA) is 274 Å². The molecule has 0 amide bonds. The number of hydrogen-bond acceptors (Lipinski definition) is 14. The monoisotopic (exact) mass is 572 g/mol. The van der Waals surface area contributed by atoms with Gasteiger partial charge in [-0.1, -0.05) is 0 Å². The van der Waals surface area contributed by atoms with E-state index in [2.05, 4.69) is 21.1 Å². The van der Waals surface area contributed by atoms with E-state index in [1.54, 1.807) is 0 Å². The third kappa shape index (κ3) is 8.67. The maximum Gasteiger partial charge on any atom is 0.195 e. The van der Waals surface area contributed by atoms with Crippen molar-refractivity contribution in [2.75, 3.05) is 22.4 Å². The molecule has 4 unspecified atom stereocenters. The summed E-state index contributed by atoms with van der Waals surface area (Å²) < 4.78 is 25.7. The molecule has 0 saturated carbocycles.